The van der Waals surface area contributed by atoms with E-state index >= 15 is 0 Å². The van der Waals surface area contributed by atoms with Crippen molar-refractivity contribution < 1.29 is 28.5 Å². The van der Waals surface area contributed by atoms with Gasteiger partial charge in [0.1, 0.15) is 17.7 Å². The van der Waals surface area contributed by atoms with Gasteiger partial charge in [0.15, 0.2) is 11.5 Å². The number of fused-ring (bicyclic) bond motifs is 1. The van der Waals surface area contributed by atoms with Crippen molar-refractivity contribution in [1.82, 2.24) is 4.90 Å². The maximum absolute atomic E-state index is 13.7. The molecule has 0 aromatic heterocycles. The van der Waals surface area contributed by atoms with Gasteiger partial charge in [-0.25, -0.2) is 4.39 Å². The van der Waals surface area contributed by atoms with Gasteiger partial charge in [0.25, 0.3) is 5.91 Å². The molecule has 0 radical (unpaired) electrons. The number of halogens is 1. The van der Waals surface area contributed by atoms with Gasteiger partial charge in [-0.05, 0) is 55.0 Å². The fourth-order valence-electron chi connectivity index (χ4n) is 4.58. The largest absolute Gasteiger partial charge is 0.496 e. The highest BCUT2D eigenvalue weighted by Crippen LogP contribution is 2.40. The first-order valence-corrected chi connectivity index (χ1v) is 10.1. The lowest BCUT2D eigenvalue weighted by atomic mass is 9.78. The molecule has 4 atom stereocenters. The minimum absolute atomic E-state index is 0.182. The van der Waals surface area contributed by atoms with Crippen LogP contribution in [0.4, 0.5) is 4.39 Å². The Morgan fingerprint density at radius 3 is 2.37 bits per heavy atom. The number of benzene rings is 2. The zero-order chi connectivity index (χ0) is 21.3. The highest BCUT2D eigenvalue weighted by Gasteiger charge is 2.44. The van der Waals surface area contributed by atoms with Crippen LogP contribution in [-0.4, -0.2) is 55.4 Å². The van der Waals surface area contributed by atoms with Crippen LogP contribution in [0.3, 0.4) is 0 Å². The summed E-state index contributed by atoms with van der Waals surface area (Å²) >= 11 is 0. The molecule has 1 N–H and O–H groups in total. The van der Waals surface area contributed by atoms with Gasteiger partial charge in [-0.2, -0.15) is 0 Å². The van der Waals surface area contributed by atoms with E-state index < -0.39 is 11.9 Å². The fraction of sp³-hybridized carbons (Fsp3) is 0.435. The van der Waals surface area contributed by atoms with Gasteiger partial charge in [-0.1, -0.05) is 12.1 Å². The molecule has 2 aromatic carbocycles. The second-order valence-corrected chi connectivity index (χ2v) is 7.92. The Balaban J connectivity index is 1.47. The molecule has 1 amide bonds. The number of amides is 1. The third-order valence-corrected chi connectivity index (χ3v) is 6.11. The van der Waals surface area contributed by atoms with Gasteiger partial charge in [0.2, 0.25) is 0 Å². The summed E-state index contributed by atoms with van der Waals surface area (Å²) in [4.78, 5) is 14.8. The lowest BCUT2D eigenvalue weighted by molar-refractivity contribution is -0.0240. The van der Waals surface area contributed by atoms with Crippen LogP contribution in [0.2, 0.25) is 0 Å². The van der Waals surface area contributed by atoms with E-state index in [1.165, 1.54) is 25.3 Å². The fourth-order valence-corrected chi connectivity index (χ4v) is 4.58. The smallest absolute Gasteiger partial charge is 0.257 e. The molecule has 2 fully saturated rings. The third-order valence-electron chi connectivity index (χ3n) is 6.11. The van der Waals surface area contributed by atoms with Crippen LogP contribution in [0.25, 0.3) is 0 Å². The molecule has 1 aliphatic carbocycles. The first-order valence-electron chi connectivity index (χ1n) is 10.1. The summed E-state index contributed by atoms with van der Waals surface area (Å²) in [5, 5.41) is 10.7. The summed E-state index contributed by atoms with van der Waals surface area (Å²) in [7, 11) is 3.04. The molecule has 30 heavy (non-hydrogen) atoms. The number of hydrogen-bond donors (Lipinski definition) is 1. The first kappa shape index (κ1) is 20.5. The summed E-state index contributed by atoms with van der Waals surface area (Å²) in [6.07, 6.45) is 0.180. The van der Waals surface area contributed by atoms with Crippen molar-refractivity contribution in [1.29, 1.82) is 0 Å². The Hall–Kier alpha value is -2.80. The number of ether oxygens (including phenoxy) is 3. The molecule has 0 bridgehead atoms. The lowest BCUT2D eigenvalue weighted by Gasteiger charge is -2.35. The van der Waals surface area contributed by atoms with E-state index in [1.54, 1.807) is 12.0 Å². The molecule has 1 saturated heterocycles. The minimum atomic E-state index is -0.630. The predicted molar refractivity (Wildman–Crippen MR) is 108 cm³/mol. The molecule has 2 aliphatic rings. The average Bonchev–Trinajstić information content (AvgIpc) is 3.16. The van der Waals surface area contributed by atoms with Crippen molar-refractivity contribution in [3.05, 3.63) is 53.8 Å². The van der Waals surface area contributed by atoms with Crippen molar-refractivity contribution in [3.8, 4) is 17.2 Å². The number of nitrogens with zero attached hydrogens (tertiary/aromatic N) is 1. The molecular weight excluding hydrogens is 389 g/mol. The molecule has 7 heteroatoms. The summed E-state index contributed by atoms with van der Waals surface area (Å²) in [5.41, 5.74) is 0.221. The molecule has 1 saturated carbocycles. The number of carbonyl (C=O) groups is 1. The molecule has 160 valence electrons. The average molecular weight is 415 g/mol. The zero-order valence-corrected chi connectivity index (χ0v) is 17.1. The number of hydrogen-bond acceptors (Lipinski definition) is 5. The van der Waals surface area contributed by atoms with E-state index in [0.29, 0.717) is 43.2 Å². The molecule has 1 aliphatic heterocycles. The van der Waals surface area contributed by atoms with Crippen LogP contribution in [0.5, 0.6) is 17.2 Å². The van der Waals surface area contributed by atoms with Crippen molar-refractivity contribution in [2.45, 2.75) is 25.0 Å². The van der Waals surface area contributed by atoms with E-state index in [9.17, 15) is 14.3 Å². The number of carbonyl (C=O) groups excluding carboxylic acids is 1. The molecule has 0 spiro atoms. The van der Waals surface area contributed by atoms with E-state index in [1.807, 2.05) is 24.3 Å². The Morgan fingerprint density at radius 1 is 1.00 bits per heavy atom. The Kier molecular flexibility index (Phi) is 5.81. The van der Waals surface area contributed by atoms with Crippen molar-refractivity contribution in [2.75, 3.05) is 27.3 Å². The molecule has 6 nitrogen and oxygen atoms in total. The van der Waals surface area contributed by atoms with Gasteiger partial charge in [-0.3, -0.25) is 4.79 Å². The van der Waals surface area contributed by atoms with Crippen LogP contribution in [0.15, 0.2) is 42.5 Å². The molecule has 1 heterocycles. The molecule has 4 rings (SSSR count). The topological polar surface area (TPSA) is 68.2 Å². The standard InChI is InChI=1S/C23H26FNO5/c1-28-19-8-7-16(24)11-17(19)23(27)25-12-14-9-18(26)22(10-15(14)13-25)30-21-6-4-3-5-20(21)29-2/h3-8,11,14-15,18,22,26H,9-10,12-13H2,1-2H3/t14-,15+,18+,22+/m0/s1. The summed E-state index contributed by atoms with van der Waals surface area (Å²) < 4.78 is 30.4. The maximum Gasteiger partial charge on any atom is 0.257 e. The van der Waals surface area contributed by atoms with Crippen LogP contribution < -0.4 is 14.2 Å². The minimum Gasteiger partial charge on any atom is -0.496 e. The number of aliphatic hydroxyl groups is 1. The monoisotopic (exact) mass is 415 g/mol. The van der Waals surface area contributed by atoms with Gasteiger partial charge >= 0.3 is 0 Å². The number of methoxy groups -OCH3 is 2. The van der Waals surface area contributed by atoms with E-state index in [4.69, 9.17) is 14.2 Å². The third kappa shape index (κ3) is 3.94. The van der Waals surface area contributed by atoms with Gasteiger partial charge in [-0.15, -0.1) is 0 Å². The number of rotatable bonds is 5. The number of likely N-dealkylation sites (tertiary alicyclic amines) is 1. The summed E-state index contributed by atoms with van der Waals surface area (Å²) in [6, 6.07) is 11.3. The van der Waals surface area contributed by atoms with Crippen molar-refractivity contribution in [3.63, 3.8) is 0 Å². The Labute approximate surface area is 175 Å². The van der Waals surface area contributed by atoms with Crippen LogP contribution in [0, 0.1) is 17.7 Å². The SMILES string of the molecule is COc1ccccc1O[C@@H]1C[C@@H]2CN(C(=O)c3cc(F)ccc3OC)C[C@@H]2C[C@H]1O. The second-order valence-electron chi connectivity index (χ2n) is 7.92. The van der Waals surface area contributed by atoms with E-state index in [0.717, 1.165) is 0 Å². The summed E-state index contributed by atoms with van der Waals surface area (Å²) in [6.45, 7) is 1.07. The number of aliphatic hydroxyl groups excluding tert-OH is 1. The van der Waals surface area contributed by atoms with Gasteiger partial charge < -0.3 is 24.2 Å². The van der Waals surface area contributed by atoms with Crippen molar-refractivity contribution >= 4 is 5.91 Å². The number of para-hydroxylation sites is 2. The normalized spacial score (nSPS) is 25.5. The van der Waals surface area contributed by atoms with Crippen LogP contribution in [-0.2, 0) is 0 Å². The summed E-state index contributed by atoms with van der Waals surface area (Å²) in [5.74, 6) is 1.23. The van der Waals surface area contributed by atoms with Crippen LogP contribution in [0.1, 0.15) is 23.2 Å². The van der Waals surface area contributed by atoms with E-state index in [2.05, 4.69) is 0 Å². The zero-order valence-electron chi connectivity index (χ0n) is 17.1. The molecule has 2 aromatic rings. The Bertz CT molecular complexity index is 920. The Morgan fingerprint density at radius 2 is 1.67 bits per heavy atom. The highest BCUT2D eigenvalue weighted by atomic mass is 19.1. The van der Waals surface area contributed by atoms with Crippen LogP contribution >= 0.6 is 0 Å². The maximum atomic E-state index is 13.7. The first-order chi connectivity index (χ1) is 14.5. The molecule has 0 unspecified atom stereocenters. The van der Waals surface area contributed by atoms with Crippen molar-refractivity contribution in [2.24, 2.45) is 11.8 Å². The molecular formula is C23H26FNO5. The predicted octanol–water partition coefficient (Wildman–Crippen LogP) is 3.13. The highest BCUT2D eigenvalue weighted by molar-refractivity contribution is 5.97. The van der Waals surface area contributed by atoms with Gasteiger partial charge in [0, 0.05) is 13.1 Å². The second kappa shape index (κ2) is 8.52. The van der Waals surface area contributed by atoms with Gasteiger partial charge in [0.05, 0.1) is 25.9 Å². The lowest BCUT2D eigenvalue weighted by Crippen LogP contribution is -2.42. The quantitative estimate of drug-likeness (QED) is 0.813. The van der Waals surface area contributed by atoms with E-state index in [-0.39, 0.29) is 29.4 Å².